The van der Waals surface area contributed by atoms with Crippen molar-refractivity contribution >= 4 is 11.6 Å². The molecule has 1 aliphatic heterocycles. The van der Waals surface area contributed by atoms with E-state index in [0.717, 1.165) is 12.0 Å². The highest BCUT2D eigenvalue weighted by Gasteiger charge is 2.26. The summed E-state index contributed by atoms with van der Waals surface area (Å²) in [7, 11) is 0. The van der Waals surface area contributed by atoms with E-state index in [0.29, 0.717) is 17.9 Å². The topological polar surface area (TPSA) is 64.3 Å². The van der Waals surface area contributed by atoms with Crippen LogP contribution in [0.25, 0.3) is 0 Å². The summed E-state index contributed by atoms with van der Waals surface area (Å²) >= 11 is 0. The number of benzene rings is 1. The summed E-state index contributed by atoms with van der Waals surface area (Å²) in [5, 5.41) is 2.96. The number of carbonyl (C=O) groups is 1. The van der Waals surface area contributed by atoms with E-state index in [4.69, 9.17) is 10.5 Å². The van der Waals surface area contributed by atoms with E-state index in [9.17, 15) is 4.79 Å². The van der Waals surface area contributed by atoms with Crippen LogP contribution in [0, 0.1) is 6.92 Å². The fourth-order valence-corrected chi connectivity index (χ4v) is 2.06. The van der Waals surface area contributed by atoms with Crippen LogP contribution in [0.3, 0.4) is 0 Å². The fraction of sp³-hybridized carbons (Fsp3) is 0.462. The minimum absolute atomic E-state index is 0.0747. The van der Waals surface area contributed by atoms with E-state index in [1.165, 1.54) is 0 Å². The van der Waals surface area contributed by atoms with Gasteiger partial charge in [0.15, 0.2) is 0 Å². The minimum atomic E-state index is -0.121. The molecular formula is C13H18N2O2. The molecule has 0 aromatic heterocycles. The lowest BCUT2D eigenvalue weighted by molar-refractivity contribution is 0.0867. The fourth-order valence-electron chi connectivity index (χ4n) is 2.06. The van der Waals surface area contributed by atoms with Crippen LogP contribution in [0.5, 0.6) is 0 Å². The van der Waals surface area contributed by atoms with Gasteiger partial charge in [0.1, 0.15) is 0 Å². The van der Waals surface area contributed by atoms with E-state index in [1.54, 1.807) is 6.07 Å². The van der Waals surface area contributed by atoms with Gasteiger partial charge in [0.05, 0.1) is 17.7 Å². The molecule has 92 valence electrons. The number of anilines is 1. The van der Waals surface area contributed by atoms with E-state index < -0.39 is 0 Å². The summed E-state index contributed by atoms with van der Waals surface area (Å²) in [4.78, 5) is 12.0. The molecule has 1 aromatic rings. The molecule has 0 spiro atoms. The quantitative estimate of drug-likeness (QED) is 0.762. The number of aryl methyl sites for hydroxylation is 1. The van der Waals surface area contributed by atoms with E-state index >= 15 is 0 Å². The smallest absolute Gasteiger partial charge is 0.253 e. The van der Waals surface area contributed by atoms with Gasteiger partial charge < -0.3 is 15.8 Å². The highest BCUT2D eigenvalue weighted by atomic mass is 16.5. The number of nitrogens with two attached hydrogens (primary N) is 1. The Hall–Kier alpha value is -1.55. The molecule has 1 heterocycles. The number of rotatable bonds is 2. The summed E-state index contributed by atoms with van der Waals surface area (Å²) in [5.74, 6) is -0.121. The first-order chi connectivity index (χ1) is 8.08. The molecule has 2 unspecified atom stereocenters. The molecule has 2 atom stereocenters. The molecule has 2 rings (SSSR count). The zero-order valence-corrected chi connectivity index (χ0v) is 10.2. The maximum Gasteiger partial charge on any atom is 0.253 e. The van der Waals surface area contributed by atoms with Crippen LogP contribution in [-0.2, 0) is 4.74 Å². The molecule has 0 bridgehead atoms. The summed E-state index contributed by atoms with van der Waals surface area (Å²) in [5.41, 5.74) is 7.95. The van der Waals surface area contributed by atoms with Gasteiger partial charge in [-0.25, -0.2) is 0 Å². The van der Waals surface area contributed by atoms with Gasteiger partial charge in [0.25, 0.3) is 5.91 Å². The van der Waals surface area contributed by atoms with Crippen molar-refractivity contribution in [2.24, 2.45) is 0 Å². The van der Waals surface area contributed by atoms with Crippen LogP contribution in [0.4, 0.5) is 5.69 Å². The summed E-state index contributed by atoms with van der Waals surface area (Å²) < 4.78 is 5.41. The van der Waals surface area contributed by atoms with Gasteiger partial charge in [0.2, 0.25) is 0 Å². The van der Waals surface area contributed by atoms with Crippen LogP contribution in [-0.4, -0.2) is 24.7 Å². The molecule has 0 saturated carbocycles. The number of ether oxygens (including phenoxy) is 1. The van der Waals surface area contributed by atoms with E-state index in [-0.39, 0.29) is 18.1 Å². The second kappa shape index (κ2) is 4.75. The average molecular weight is 234 g/mol. The Balaban J connectivity index is 2.09. The minimum Gasteiger partial charge on any atom is -0.398 e. The van der Waals surface area contributed by atoms with E-state index in [1.807, 2.05) is 26.0 Å². The van der Waals surface area contributed by atoms with Crippen molar-refractivity contribution in [3.63, 3.8) is 0 Å². The molecule has 1 aliphatic rings. The molecule has 4 heteroatoms. The maximum atomic E-state index is 12.0. The molecule has 0 aliphatic carbocycles. The number of hydrogen-bond acceptors (Lipinski definition) is 3. The Bertz CT molecular complexity index is 431. The van der Waals surface area contributed by atoms with Gasteiger partial charge in [-0.1, -0.05) is 6.07 Å². The van der Waals surface area contributed by atoms with Crippen molar-refractivity contribution in [3.05, 3.63) is 29.3 Å². The van der Waals surface area contributed by atoms with Gasteiger partial charge in [-0.05, 0) is 38.0 Å². The second-order valence-electron chi connectivity index (χ2n) is 4.54. The molecule has 17 heavy (non-hydrogen) atoms. The Morgan fingerprint density at radius 1 is 1.53 bits per heavy atom. The molecule has 1 fully saturated rings. The third kappa shape index (κ3) is 2.58. The lowest BCUT2D eigenvalue weighted by Gasteiger charge is -2.16. The van der Waals surface area contributed by atoms with E-state index in [2.05, 4.69) is 5.32 Å². The largest absolute Gasteiger partial charge is 0.398 e. The second-order valence-corrected chi connectivity index (χ2v) is 4.54. The maximum absolute atomic E-state index is 12.0. The molecule has 1 amide bonds. The Kier molecular flexibility index (Phi) is 3.33. The molecule has 1 aromatic carbocycles. The van der Waals surface area contributed by atoms with Crippen LogP contribution >= 0.6 is 0 Å². The molecule has 0 radical (unpaired) electrons. The zero-order valence-electron chi connectivity index (χ0n) is 10.2. The van der Waals surface area contributed by atoms with Crippen molar-refractivity contribution in [3.8, 4) is 0 Å². The highest BCUT2D eigenvalue weighted by molar-refractivity contribution is 5.99. The summed E-state index contributed by atoms with van der Waals surface area (Å²) in [6.07, 6.45) is 0.934. The number of nitrogen functional groups attached to an aromatic ring is 1. The Morgan fingerprint density at radius 2 is 2.29 bits per heavy atom. The molecule has 1 saturated heterocycles. The third-order valence-electron chi connectivity index (χ3n) is 3.14. The summed E-state index contributed by atoms with van der Waals surface area (Å²) in [6, 6.07) is 5.55. The Morgan fingerprint density at radius 3 is 2.88 bits per heavy atom. The lowest BCUT2D eigenvalue weighted by atomic mass is 10.1. The predicted octanol–water partition coefficient (Wildman–Crippen LogP) is 1.48. The standard InChI is InChI=1S/C13H18N2O2/c1-8-3-4-10(11(14)7-8)13(16)15-12-5-6-17-9(12)2/h3-4,7,9,12H,5-6,14H2,1-2H3,(H,15,16). The van der Waals surface area contributed by atoms with Gasteiger partial charge >= 0.3 is 0 Å². The number of carbonyl (C=O) groups excluding carboxylic acids is 1. The zero-order chi connectivity index (χ0) is 12.4. The summed E-state index contributed by atoms with van der Waals surface area (Å²) in [6.45, 7) is 4.62. The van der Waals surface area contributed by atoms with Crippen LogP contribution in [0.1, 0.15) is 29.3 Å². The molecule has 4 nitrogen and oxygen atoms in total. The highest BCUT2D eigenvalue weighted by Crippen LogP contribution is 2.17. The van der Waals surface area contributed by atoms with Crippen molar-refractivity contribution < 1.29 is 9.53 Å². The van der Waals surface area contributed by atoms with Gasteiger partial charge in [-0.3, -0.25) is 4.79 Å². The van der Waals surface area contributed by atoms with Crippen molar-refractivity contribution in [1.29, 1.82) is 0 Å². The van der Waals surface area contributed by atoms with Gasteiger partial charge in [-0.2, -0.15) is 0 Å². The monoisotopic (exact) mass is 234 g/mol. The molecule has 3 N–H and O–H groups in total. The van der Waals surface area contributed by atoms with Crippen molar-refractivity contribution in [2.45, 2.75) is 32.4 Å². The number of nitrogens with one attached hydrogen (secondary N) is 1. The van der Waals surface area contributed by atoms with Crippen LogP contribution in [0.15, 0.2) is 18.2 Å². The average Bonchev–Trinajstić information content (AvgIpc) is 2.64. The van der Waals surface area contributed by atoms with Crippen LogP contribution < -0.4 is 11.1 Å². The number of amides is 1. The predicted molar refractivity (Wildman–Crippen MR) is 66.9 cm³/mol. The van der Waals surface area contributed by atoms with Crippen LogP contribution in [0.2, 0.25) is 0 Å². The SMILES string of the molecule is Cc1ccc(C(=O)NC2CCOC2C)c(N)c1. The molecular weight excluding hydrogens is 216 g/mol. The normalized spacial score (nSPS) is 23.6. The first-order valence-electron chi connectivity index (χ1n) is 5.86. The number of hydrogen-bond donors (Lipinski definition) is 2. The lowest BCUT2D eigenvalue weighted by Crippen LogP contribution is -2.39. The first-order valence-corrected chi connectivity index (χ1v) is 5.86. The van der Waals surface area contributed by atoms with Gasteiger partial charge in [0, 0.05) is 12.3 Å². The Labute approximate surface area is 101 Å². The van der Waals surface area contributed by atoms with Crippen molar-refractivity contribution in [2.75, 3.05) is 12.3 Å². The first kappa shape index (κ1) is 11.9. The van der Waals surface area contributed by atoms with Gasteiger partial charge in [-0.15, -0.1) is 0 Å². The van der Waals surface area contributed by atoms with Crippen molar-refractivity contribution in [1.82, 2.24) is 5.32 Å². The third-order valence-corrected chi connectivity index (χ3v) is 3.14.